The number of aliphatic hydroxyl groups excluding tert-OH is 1. The number of hydrogen-bond acceptors (Lipinski definition) is 2. The van der Waals surface area contributed by atoms with E-state index < -0.39 is 0 Å². The van der Waals surface area contributed by atoms with Crippen LogP contribution in [0, 0.1) is 5.92 Å². The molecule has 1 aromatic heterocycles. The van der Waals surface area contributed by atoms with Crippen molar-refractivity contribution in [3.63, 3.8) is 0 Å². The smallest absolute Gasteiger partial charge is 0.0628 e. The molecule has 0 saturated heterocycles. The lowest BCUT2D eigenvalue weighted by molar-refractivity contribution is 0.224. The Morgan fingerprint density at radius 1 is 1.29 bits per heavy atom. The molecule has 0 radical (unpaired) electrons. The molecule has 114 valence electrons. The summed E-state index contributed by atoms with van der Waals surface area (Å²) in [6.45, 7) is 4.47. The van der Waals surface area contributed by atoms with E-state index in [1.54, 1.807) is 0 Å². The molecule has 0 spiro atoms. The highest BCUT2D eigenvalue weighted by Crippen LogP contribution is 2.18. The van der Waals surface area contributed by atoms with Gasteiger partial charge in [0.1, 0.15) is 0 Å². The van der Waals surface area contributed by atoms with Crippen LogP contribution in [0.1, 0.15) is 37.6 Å². The van der Waals surface area contributed by atoms with E-state index in [2.05, 4.69) is 18.9 Å². The standard InChI is InChI=1S/C17H23ClN2O/c1-3-13(2)20-8-7-17(19-20)11-15(12-21)9-14-5-4-6-16(18)10-14/h4-8,10,13,15,21H,3,9,11-12H2,1-2H3. The van der Waals surface area contributed by atoms with Crippen LogP contribution in [0.25, 0.3) is 0 Å². The molecule has 0 fully saturated rings. The van der Waals surface area contributed by atoms with Gasteiger partial charge in [-0.1, -0.05) is 30.7 Å². The van der Waals surface area contributed by atoms with Crippen molar-refractivity contribution >= 4 is 11.6 Å². The molecular weight excluding hydrogens is 284 g/mol. The zero-order valence-electron chi connectivity index (χ0n) is 12.7. The van der Waals surface area contributed by atoms with Gasteiger partial charge in [0.25, 0.3) is 0 Å². The van der Waals surface area contributed by atoms with Crippen molar-refractivity contribution in [2.45, 2.75) is 39.2 Å². The van der Waals surface area contributed by atoms with Gasteiger partial charge in [-0.3, -0.25) is 4.68 Å². The minimum atomic E-state index is 0.155. The topological polar surface area (TPSA) is 38.0 Å². The van der Waals surface area contributed by atoms with Crippen LogP contribution in [-0.4, -0.2) is 21.5 Å². The summed E-state index contributed by atoms with van der Waals surface area (Å²) < 4.78 is 2.00. The van der Waals surface area contributed by atoms with Crippen molar-refractivity contribution in [2.75, 3.05) is 6.61 Å². The fraction of sp³-hybridized carbons (Fsp3) is 0.471. The average molecular weight is 307 g/mol. The Bertz CT molecular complexity index is 567. The summed E-state index contributed by atoms with van der Waals surface area (Å²) in [5, 5.41) is 15.0. The van der Waals surface area contributed by atoms with E-state index >= 15 is 0 Å². The molecule has 3 nitrogen and oxygen atoms in total. The van der Waals surface area contributed by atoms with Crippen molar-refractivity contribution < 1.29 is 5.11 Å². The summed E-state index contributed by atoms with van der Waals surface area (Å²) in [6.07, 6.45) is 4.68. The Labute approximate surface area is 131 Å². The largest absolute Gasteiger partial charge is 0.396 e. The first-order chi connectivity index (χ1) is 10.1. The number of aromatic nitrogens is 2. The Morgan fingerprint density at radius 3 is 2.76 bits per heavy atom. The Balaban J connectivity index is 2.00. The lowest BCUT2D eigenvalue weighted by atomic mass is 9.95. The van der Waals surface area contributed by atoms with Gasteiger partial charge in [0.15, 0.2) is 0 Å². The molecule has 0 aliphatic heterocycles. The summed E-state index contributed by atoms with van der Waals surface area (Å²) >= 11 is 6.01. The van der Waals surface area contributed by atoms with Gasteiger partial charge in [0.05, 0.1) is 5.69 Å². The van der Waals surface area contributed by atoms with Crippen LogP contribution < -0.4 is 0 Å². The van der Waals surface area contributed by atoms with Crippen molar-refractivity contribution in [2.24, 2.45) is 5.92 Å². The van der Waals surface area contributed by atoms with Crippen LogP contribution in [-0.2, 0) is 12.8 Å². The van der Waals surface area contributed by atoms with Gasteiger partial charge in [0, 0.05) is 23.9 Å². The van der Waals surface area contributed by atoms with Gasteiger partial charge in [-0.2, -0.15) is 5.10 Å². The van der Waals surface area contributed by atoms with Crippen molar-refractivity contribution in [1.82, 2.24) is 9.78 Å². The minimum Gasteiger partial charge on any atom is -0.396 e. The molecule has 2 atom stereocenters. The molecule has 0 aliphatic rings. The monoisotopic (exact) mass is 306 g/mol. The lowest BCUT2D eigenvalue weighted by Crippen LogP contribution is -2.14. The highest BCUT2D eigenvalue weighted by atomic mass is 35.5. The SMILES string of the molecule is CCC(C)n1ccc(CC(CO)Cc2cccc(Cl)c2)n1. The fourth-order valence-corrected chi connectivity index (χ4v) is 2.63. The molecule has 1 N–H and O–H groups in total. The second-order valence-electron chi connectivity index (χ2n) is 5.63. The fourth-order valence-electron chi connectivity index (χ4n) is 2.41. The number of aliphatic hydroxyl groups is 1. The quantitative estimate of drug-likeness (QED) is 0.842. The molecule has 2 unspecified atom stereocenters. The predicted molar refractivity (Wildman–Crippen MR) is 86.7 cm³/mol. The molecule has 4 heteroatoms. The second-order valence-corrected chi connectivity index (χ2v) is 6.07. The summed E-state index contributed by atoms with van der Waals surface area (Å²) in [6, 6.07) is 10.3. The average Bonchev–Trinajstić information content (AvgIpc) is 2.94. The lowest BCUT2D eigenvalue weighted by Gasteiger charge is -2.13. The number of hydrogen-bond donors (Lipinski definition) is 1. The molecule has 0 bridgehead atoms. The molecule has 1 aromatic carbocycles. The van der Waals surface area contributed by atoms with Gasteiger partial charge in [0.2, 0.25) is 0 Å². The molecule has 2 rings (SSSR count). The highest BCUT2D eigenvalue weighted by molar-refractivity contribution is 6.30. The van der Waals surface area contributed by atoms with Gasteiger partial charge in [-0.15, -0.1) is 0 Å². The van der Waals surface area contributed by atoms with E-state index in [1.165, 1.54) is 0 Å². The third-order valence-corrected chi connectivity index (χ3v) is 4.11. The van der Waals surface area contributed by atoms with Crippen molar-refractivity contribution in [3.05, 3.63) is 52.8 Å². The predicted octanol–water partition coefficient (Wildman–Crippen LogP) is 3.90. The van der Waals surface area contributed by atoms with Gasteiger partial charge in [-0.05, 0) is 55.9 Å². The van der Waals surface area contributed by atoms with Crippen molar-refractivity contribution in [3.8, 4) is 0 Å². The van der Waals surface area contributed by atoms with Crippen LogP contribution >= 0.6 is 11.6 Å². The van der Waals surface area contributed by atoms with E-state index in [0.29, 0.717) is 6.04 Å². The van der Waals surface area contributed by atoms with Gasteiger partial charge >= 0.3 is 0 Å². The first-order valence-electron chi connectivity index (χ1n) is 7.51. The molecular formula is C17H23ClN2O. The Kier molecular flexibility index (Phi) is 5.83. The molecule has 21 heavy (non-hydrogen) atoms. The molecule has 2 aromatic rings. The zero-order chi connectivity index (χ0) is 15.2. The maximum Gasteiger partial charge on any atom is 0.0628 e. The van der Waals surface area contributed by atoms with Crippen LogP contribution in [0.4, 0.5) is 0 Å². The summed E-state index contributed by atoms with van der Waals surface area (Å²) in [5.41, 5.74) is 2.19. The van der Waals surface area contributed by atoms with Crippen molar-refractivity contribution in [1.29, 1.82) is 0 Å². The molecule has 0 amide bonds. The van der Waals surface area contributed by atoms with E-state index in [1.807, 2.05) is 41.2 Å². The van der Waals surface area contributed by atoms with E-state index in [0.717, 1.165) is 35.5 Å². The van der Waals surface area contributed by atoms with Gasteiger partial charge < -0.3 is 5.11 Å². The summed E-state index contributed by atoms with van der Waals surface area (Å²) in [7, 11) is 0. The van der Waals surface area contributed by atoms with Gasteiger partial charge in [-0.25, -0.2) is 0 Å². The first kappa shape index (κ1) is 16.1. The van der Waals surface area contributed by atoms with E-state index in [4.69, 9.17) is 11.6 Å². The third-order valence-electron chi connectivity index (χ3n) is 3.88. The minimum absolute atomic E-state index is 0.155. The summed E-state index contributed by atoms with van der Waals surface area (Å²) in [5.74, 6) is 0.170. The van der Waals surface area contributed by atoms with Crippen LogP contribution in [0.15, 0.2) is 36.5 Å². The Morgan fingerprint density at radius 2 is 2.10 bits per heavy atom. The maximum atomic E-state index is 9.61. The third kappa shape index (κ3) is 4.58. The Hall–Kier alpha value is -1.32. The number of benzene rings is 1. The number of nitrogens with zero attached hydrogens (tertiary/aromatic N) is 2. The molecule has 1 heterocycles. The van der Waals surface area contributed by atoms with Crippen LogP contribution in [0.5, 0.6) is 0 Å². The number of halogens is 1. The normalized spacial score (nSPS) is 14.1. The second kappa shape index (κ2) is 7.62. The van der Waals surface area contributed by atoms with Crippen LogP contribution in [0.3, 0.4) is 0 Å². The van der Waals surface area contributed by atoms with Crippen LogP contribution in [0.2, 0.25) is 5.02 Å². The number of rotatable bonds is 7. The van der Waals surface area contributed by atoms with E-state index in [-0.39, 0.29) is 12.5 Å². The zero-order valence-corrected chi connectivity index (χ0v) is 13.4. The summed E-state index contributed by atoms with van der Waals surface area (Å²) in [4.78, 5) is 0. The van der Waals surface area contributed by atoms with E-state index in [9.17, 15) is 5.11 Å². The first-order valence-corrected chi connectivity index (χ1v) is 7.89. The highest BCUT2D eigenvalue weighted by Gasteiger charge is 2.13. The molecule has 0 saturated carbocycles. The molecule has 0 aliphatic carbocycles. The maximum absolute atomic E-state index is 9.61.